The molecule has 0 aromatic heterocycles. The van der Waals surface area contributed by atoms with E-state index in [9.17, 15) is 14.4 Å². The maximum Gasteiger partial charge on any atom is 0.227 e. The largest absolute Gasteiger partial charge is 0.494 e. The third kappa shape index (κ3) is 6.45. The fraction of sp³-hybridized carbons (Fsp3) is 0.348. The molecule has 2 amide bonds. The van der Waals surface area contributed by atoms with Crippen LogP contribution in [0.3, 0.4) is 0 Å². The smallest absolute Gasteiger partial charge is 0.227 e. The van der Waals surface area contributed by atoms with Crippen LogP contribution in [0, 0.1) is 5.92 Å². The fourth-order valence-electron chi connectivity index (χ4n) is 2.78. The van der Waals surface area contributed by atoms with Crippen molar-refractivity contribution in [3.05, 3.63) is 54.1 Å². The number of hydrogen-bond donors (Lipinski definition) is 2. The van der Waals surface area contributed by atoms with Gasteiger partial charge in [-0.2, -0.15) is 0 Å². The highest BCUT2D eigenvalue weighted by atomic mass is 16.5. The summed E-state index contributed by atoms with van der Waals surface area (Å²) in [6.07, 6.45) is 3.07. The molecule has 0 unspecified atom stereocenters. The summed E-state index contributed by atoms with van der Waals surface area (Å²) < 4.78 is 5.50. The Morgan fingerprint density at radius 2 is 1.52 bits per heavy atom. The number of benzene rings is 2. The Bertz CT molecular complexity index is 855. The Hall–Kier alpha value is -3.15. The second-order valence-electron chi connectivity index (χ2n) is 7.19. The van der Waals surface area contributed by atoms with Crippen LogP contribution in [0.1, 0.15) is 49.4 Å². The number of amides is 2. The molecule has 2 aromatic carbocycles. The van der Waals surface area contributed by atoms with Crippen molar-refractivity contribution >= 4 is 29.0 Å². The van der Waals surface area contributed by atoms with E-state index < -0.39 is 0 Å². The van der Waals surface area contributed by atoms with Crippen LogP contribution in [0.5, 0.6) is 5.75 Å². The summed E-state index contributed by atoms with van der Waals surface area (Å²) in [6.45, 7) is 2.67. The van der Waals surface area contributed by atoms with Crippen LogP contribution in [0.2, 0.25) is 0 Å². The van der Waals surface area contributed by atoms with Crippen molar-refractivity contribution in [1.82, 2.24) is 0 Å². The monoisotopic (exact) mass is 394 g/mol. The van der Waals surface area contributed by atoms with E-state index in [4.69, 9.17) is 4.74 Å². The van der Waals surface area contributed by atoms with Gasteiger partial charge in [-0.15, -0.1) is 0 Å². The lowest BCUT2D eigenvalue weighted by molar-refractivity contribution is -0.117. The van der Waals surface area contributed by atoms with Gasteiger partial charge in [0.05, 0.1) is 6.61 Å². The summed E-state index contributed by atoms with van der Waals surface area (Å²) in [5.74, 6) is 0.617. The van der Waals surface area contributed by atoms with E-state index in [1.165, 1.54) is 0 Å². The number of carbonyl (C=O) groups excluding carboxylic acids is 3. The molecule has 0 heterocycles. The number of anilines is 2. The number of ketones is 1. The summed E-state index contributed by atoms with van der Waals surface area (Å²) in [5, 5.41) is 5.63. The van der Waals surface area contributed by atoms with Crippen LogP contribution in [-0.4, -0.2) is 24.2 Å². The maximum atomic E-state index is 12.3. The van der Waals surface area contributed by atoms with E-state index in [0.29, 0.717) is 23.5 Å². The first kappa shape index (κ1) is 20.6. The lowest BCUT2D eigenvalue weighted by atomic mass is 10.1. The molecule has 0 saturated heterocycles. The Morgan fingerprint density at radius 1 is 0.897 bits per heavy atom. The second kappa shape index (κ2) is 9.87. The molecule has 2 aromatic rings. The van der Waals surface area contributed by atoms with Crippen LogP contribution in [0.25, 0.3) is 0 Å². The van der Waals surface area contributed by atoms with Crippen molar-refractivity contribution in [1.29, 1.82) is 0 Å². The molecule has 2 N–H and O–H groups in total. The van der Waals surface area contributed by atoms with Gasteiger partial charge in [0.15, 0.2) is 5.78 Å². The van der Waals surface area contributed by atoms with Crippen LogP contribution in [0.15, 0.2) is 48.5 Å². The normalized spacial score (nSPS) is 12.9. The Labute approximate surface area is 170 Å². The lowest BCUT2D eigenvalue weighted by Crippen LogP contribution is -2.14. The average molecular weight is 394 g/mol. The zero-order chi connectivity index (χ0) is 20.6. The van der Waals surface area contributed by atoms with E-state index in [1.54, 1.807) is 48.5 Å². The highest BCUT2D eigenvalue weighted by Gasteiger charge is 2.29. The number of hydrogen-bond acceptors (Lipinski definition) is 4. The van der Waals surface area contributed by atoms with Gasteiger partial charge in [-0.3, -0.25) is 14.4 Å². The quantitative estimate of drug-likeness (QED) is 0.584. The molecular weight excluding hydrogens is 368 g/mol. The van der Waals surface area contributed by atoms with Crippen molar-refractivity contribution < 1.29 is 19.1 Å². The van der Waals surface area contributed by atoms with Crippen LogP contribution in [-0.2, 0) is 9.59 Å². The number of nitrogens with one attached hydrogen (secondary N) is 2. The van der Waals surface area contributed by atoms with Gasteiger partial charge in [0.2, 0.25) is 11.8 Å². The van der Waals surface area contributed by atoms with Gasteiger partial charge in [-0.05, 0) is 67.8 Å². The minimum Gasteiger partial charge on any atom is -0.494 e. The van der Waals surface area contributed by atoms with Gasteiger partial charge < -0.3 is 15.4 Å². The van der Waals surface area contributed by atoms with Crippen LogP contribution in [0.4, 0.5) is 11.4 Å². The van der Waals surface area contributed by atoms with Crippen LogP contribution < -0.4 is 15.4 Å². The van der Waals surface area contributed by atoms with E-state index >= 15 is 0 Å². The predicted molar refractivity (Wildman–Crippen MR) is 112 cm³/mol. The average Bonchev–Trinajstić information content (AvgIpc) is 3.58. The third-order valence-corrected chi connectivity index (χ3v) is 4.61. The molecule has 1 aliphatic carbocycles. The molecule has 0 bridgehead atoms. The summed E-state index contributed by atoms with van der Waals surface area (Å²) in [4.78, 5) is 36.1. The van der Waals surface area contributed by atoms with Crippen molar-refractivity contribution in [2.24, 2.45) is 5.92 Å². The molecule has 6 heteroatoms. The van der Waals surface area contributed by atoms with Gasteiger partial charge in [-0.25, -0.2) is 0 Å². The predicted octanol–water partition coefficient (Wildman–Crippen LogP) is 4.43. The molecule has 1 aliphatic rings. The molecule has 0 aliphatic heterocycles. The first-order valence-corrected chi connectivity index (χ1v) is 10.0. The van der Waals surface area contributed by atoms with E-state index in [0.717, 1.165) is 25.0 Å². The van der Waals surface area contributed by atoms with Crippen molar-refractivity contribution in [3.8, 4) is 5.75 Å². The minimum absolute atomic E-state index is 0.0465. The Morgan fingerprint density at radius 3 is 2.10 bits per heavy atom. The Kier molecular flexibility index (Phi) is 7.00. The molecule has 1 fully saturated rings. The summed E-state index contributed by atoms with van der Waals surface area (Å²) in [5.41, 5.74) is 1.91. The zero-order valence-electron chi connectivity index (χ0n) is 16.6. The molecule has 29 heavy (non-hydrogen) atoms. The van der Waals surface area contributed by atoms with Gasteiger partial charge in [0, 0.05) is 35.7 Å². The SMILES string of the molecule is CCCOc1ccc(C(=O)CCC(=O)Nc2ccc(NC(=O)C3CC3)cc2)cc1. The topological polar surface area (TPSA) is 84.5 Å². The Balaban J connectivity index is 1.43. The summed E-state index contributed by atoms with van der Waals surface area (Å²) in [7, 11) is 0. The fourth-order valence-corrected chi connectivity index (χ4v) is 2.78. The minimum atomic E-state index is -0.226. The molecule has 1 saturated carbocycles. The van der Waals surface area contributed by atoms with Crippen molar-refractivity contribution in [2.45, 2.75) is 39.0 Å². The molecular formula is C23H26N2O4. The second-order valence-corrected chi connectivity index (χ2v) is 7.19. The number of Topliss-reactive ketones (excluding diaryl/α,β-unsaturated/α-hetero) is 1. The standard InChI is InChI=1S/C23H26N2O4/c1-2-15-29-20-11-5-16(6-12-20)21(26)13-14-22(27)24-18-7-9-19(10-8-18)25-23(28)17-3-4-17/h5-12,17H,2-4,13-15H2,1H3,(H,24,27)(H,25,28). The van der Waals surface area contributed by atoms with Gasteiger partial charge >= 0.3 is 0 Å². The molecule has 3 rings (SSSR count). The molecule has 0 radical (unpaired) electrons. The molecule has 0 spiro atoms. The molecule has 0 atom stereocenters. The van der Waals surface area contributed by atoms with E-state index in [-0.39, 0.29) is 36.4 Å². The van der Waals surface area contributed by atoms with Gasteiger partial charge in [0.25, 0.3) is 0 Å². The van der Waals surface area contributed by atoms with E-state index in [2.05, 4.69) is 10.6 Å². The number of ether oxygens (including phenoxy) is 1. The van der Waals surface area contributed by atoms with Gasteiger partial charge in [-0.1, -0.05) is 6.92 Å². The highest BCUT2D eigenvalue weighted by Crippen LogP contribution is 2.30. The highest BCUT2D eigenvalue weighted by molar-refractivity contribution is 6.00. The first-order chi connectivity index (χ1) is 14.0. The lowest BCUT2D eigenvalue weighted by Gasteiger charge is -2.08. The number of carbonyl (C=O) groups is 3. The number of rotatable bonds is 10. The first-order valence-electron chi connectivity index (χ1n) is 10.0. The maximum absolute atomic E-state index is 12.3. The van der Waals surface area contributed by atoms with E-state index in [1.807, 2.05) is 6.92 Å². The van der Waals surface area contributed by atoms with Gasteiger partial charge in [0.1, 0.15) is 5.75 Å². The summed E-state index contributed by atoms with van der Waals surface area (Å²) in [6, 6.07) is 14.0. The zero-order valence-corrected chi connectivity index (χ0v) is 16.6. The van der Waals surface area contributed by atoms with Crippen molar-refractivity contribution in [2.75, 3.05) is 17.2 Å². The third-order valence-electron chi connectivity index (χ3n) is 4.61. The molecule has 152 valence electrons. The van der Waals surface area contributed by atoms with Crippen molar-refractivity contribution in [3.63, 3.8) is 0 Å². The molecule has 6 nitrogen and oxygen atoms in total. The van der Waals surface area contributed by atoms with Crippen LogP contribution >= 0.6 is 0 Å². The summed E-state index contributed by atoms with van der Waals surface area (Å²) >= 11 is 0.